The number of phenolic OH excluding ortho intramolecular Hbond substituents is 2. The molecule has 1 fully saturated rings. The number of rotatable bonds is 2. The van der Waals surface area contributed by atoms with Gasteiger partial charge in [0.15, 0.2) is 0 Å². The minimum Gasteiger partial charge on any atom is -0.508 e. The summed E-state index contributed by atoms with van der Waals surface area (Å²) in [4.78, 5) is 0. The van der Waals surface area contributed by atoms with Gasteiger partial charge in [-0.05, 0) is 62.5 Å². The van der Waals surface area contributed by atoms with Crippen LogP contribution < -0.4 is 0 Å². The summed E-state index contributed by atoms with van der Waals surface area (Å²) >= 11 is 0. The van der Waals surface area contributed by atoms with Crippen LogP contribution in [-0.2, 0) is 5.41 Å². The lowest BCUT2D eigenvalue weighted by atomic mass is 9.26. The van der Waals surface area contributed by atoms with E-state index in [4.69, 9.17) is 0 Å². The summed E-state index contributed by atoms with van der Waals surface area (Å²) in [7, 11) is 0. The molecule has 2 aromatic carbocycles. The van der Waals surface area contributed by atoms with Crippen molar-refractivity contribution in [1.82, 2.24) is 0 Å². The van der Waals surface area contributed by atoms with Crippen molar-refractivity contribution in [2.24, 2.45) is 27.1 Å². The Kier molecular flexibility index (Phi) is 14.0. The summed E-state index contributed by atoms with van der Waals surface area (Å²) < 4.78 is 0. The predicted molar refractivity (Wildman–Crippen MR) is 171 cm³/mol. The molecule has 0 saturated heterocycles. The van der Waals surface area contributed by atoms with Crippen molar-refractivity contribution < 1.29 is 10.2 Å². The summed E-state index contributed by atoms with van der Waals surface area (Å²) in [5.41, 5.74) is 1.72. The molecule has 2 aromatic rings. The van der Waals surface area contributed by atoms with Gasteiger partial charge < -0.3 is 10.2 Å². The molecule has 1 saturated carbocycles. The summed E-state index contributed by atoms with van der Waals surface area (Å²) in [6.45, 7) is 40.1. The number of phenols is 2. The third-order valence-electron chi connectivity index (χ3n) is 10.7. The Morgan fingerprint density at radius 2 is 0.526 bits per heavy atom. The largest absolute Gasteiger partial charge is 0.508 e. The molecule has 0 aliphatic heterocycles. The minimum atomic E-state index is -0.357. The molecule has 1 aliphatic rings. The number of hydrogen-bond acceptors (Lipinski definition) is 2. The molecule has 1 aliphatic carbocycles. The van der Waals surface area contributed by atoms with Gasteiger partial charge in [-0.25, -0.2) is 0 Å². The summed E-state index contributed by atoms with van der Waals surface area (Å²) in [5, 5.41) is 20.1. The third kappa shape index (κ3) is 5.26. The highest BCUT2D eigenvalue weighted by atomic mass is 16.3. The van der Waals surface area contributed by atoms with Crippen LogP contribution in [0.5, 0.6) is 11.5 Å². The van der Waals surface area contributed by atoms with Crippen molar-refractivity contribution in [3.63, 3.8) is 0 Å². The average Bonchev–Trinajstić information content (AvgIpc) is 2.90. The third-order valence-corrected chi connectivity index (χ3v) is 10.7. The van der Waals surface area contributed by atoms with Crippen molar-refractivity contribution in [2.75, 3.05) is 0 Å². The SMILES string of the molecule is CC.CC.CC.CC.CC1(C)C(C)(C)C(C)(C)C(c2ccc(O)cc2)(c2ccc(O)cc2)C(C)(C)C1(C)C. The van der Waals surface area contributed by atoms with E-state index in [-0.39, 0.29) is 44.0 Å². The number of benzene rings is 2. The molecule has 0 heterocycles. The molecule has 2 heteroatoms. The fourth-order valence-electron chi connectivity index (χ4n) is 7.10. The standard InChI is InChI=1S/C28H40O2.4C2H6/c1-23(2)24(3,4)26(7,8)28(27(9,10)25(23,5)6,19-11-15-21(29)16-12-19)20-13-17-22(30)18-14-20;4*1-2/h11-18,29-30H,1-10H3;4*1-2H3. The fourth-order valence-corrected chi connectivity index (χ4v) is 7.10. The maximum absolute atomic E-state index is 10.1. The Labute approximate surface area is 238 Å². The first-order chi connectivity index (χ1) is 17.5. The van der Waals surface area contributed by atoms with E-state index in [0.717, 1.165) is 0 Å². The van der Waals surface area contributed by atoms with Crippen molar-refractivity contribution in [2.45, 2.75) is 130 Å². The zero-order valence-corrected chi connectivity index (χ0v) is 28.5. The topological polar surface area (TPSA) is 40.5 Å². The molecule has 0 atom stereocenters. The van der Waals surface area contributed by atoms with Crippen LogP contribution in [0.1, 0.15) is 136 Å². The lowest BCUT2D eigenvalue weighted by Crippen LogP contribution is -2.74. The molecule has 0 spiro atoms. The van der Waals surface area contributed by atoms with Gasteiger partial charge in [0.1, 0.15) is 11.5 Å². The Morgan fingerprint density at radius 1 is 0.342 bits per heavy atom. The van der Waals surface area contributed by atoms with Crippen LogP contribution in [0.2, 0.25) is 0 Å². The van der Waals surface area contributed by atoms with E-state index in [1.807, 2.05) is 79.7 Å². The number of hydrogen-bond donors (Lipinski definition) is 2. The van der Waals surface area contributed by atoms with Gasteiger partial charge in [-0.1, -0.05) is 149 Å². The first-order valence-electron chi connectivity index (χ1n) is 15.1. The van der Waals surface area contributed by atoms with Gasteiger partial charge in [-0.3, -0.25) is 0 Å². The van der Waals surface area contributed by atoms with Crippen LogP contribution in [-0.4, -0.2) is 10.2 Å². The van der Waals surface area contributed by atoms with Crippen LogP contribution in [0.25, 0.3) is 0 Å². The van der Waals surface area contributed by atoms with Crippen molar-refractivity contribution in [1.29, 1.82) is 0 Å². The molecule has 38 heavy (non-hydrogen) atoms. The van der Waals surface area contributed by atoms with Gasteiger partial charge in [0.05, 0.1) is 0 Å². The van der Waals surface area contributed by atoms with Gasteiger partial charge >= 0.3 is 0 Å². The summed E-state index contributed by atoms with van der Waals surface area (Å²) in [5.74, 6) is 0.565. The first-order valence-corrected chi connectivity index (χ1v) is 15.1. The normalized spacial score (nSPS) is 20.3. The van der Waals surface area contributed by atoms with E-state index < -0.39 is 0 Å². The molecule has 0 aromatic heterocycles. The predicted octanol–water partition coefficient (Wildman–Crippen LogP) is 11.6. The molecular weight excluding hydrogens is 464 g/mol. The average molecular weight is 529 g/mol. The summed E-state index contributed by atoms with van der Waals surface area (Å²) in [6.07, 6.45) is 0. The summed E-state index contributed by atoms with van der Waals surface area (Å²) in [6, 6.07) is 15.6. The van der Waals surface area contributed by atoms with Gasteiger partial charge in [-0.15, -0.1) is 0 Å². The second kappa shape index (κ2) is 13.9. The molecule has 0 bridgehead atoms. The highest BCUT2D eigenvalue weighted by Gasteiger charge is 2.75. The second-order valence-corrected chi connectivity index (χ2v) is 12.0. The van der Waals surface area contributed by atoms with Crippen LogP contribution in [0.4, 0.5) is 0 Å². The lowest BCUT2D eigenvalue weighted by Gasteiger charge is -2.78. The van der Waals surface area contributed by atoms with E-state index in [0.29, 0.717) is 0 Å². The molecule has 0 radical (unpaired) electrons. The molecule has 0 unspecified atom stereocenters. The zero-order chi connectivity index (χ0) is 31.0. The molecule has 220 valence electrons. The van der Waals surface area contributed by atoms with Crippen LogP contribution in [0.15, 0.2) is 48.5 Å². The van der Waals surface area contributed by atoms with Crippen molar-refractivity contribution in [3.8, 4) is 11.5 Å². The molecule has 0 amide bonds. The van der Waals surface area contributed by atoms with E-state index in [9.17, 15) is 10.2 Å². The van der Waals surface area contributed by atoms with Gasteiger partial charge in [0, 0.05) is 5.41 Å². The maximum Gasteiger partial charge on any atom is 0.115 e. The monoisotopic (exact) mass is 528 g/mol. The number of aromatic hydroxyl groups is 2. The highest BCUT2D eigenvalue weighted by molar-refractivity contribution is 5.50. The van der Waals surface area contributed by atoms with E-state index in [1.54, 1.807) is 0 Å². The minimum absolute atomic E-state index is 0.0329. The maximum atomic E-state index is 10.1. The molecule has 2 N–H and O–H groups in total. The lowest BCUT2D eigenvalue weighted by molar-refractivity contribution is -0.251. The van der Waals surface area contributed by atoms with Crippen molar-refractivity contribution >= 4 is 0 Å². The zero-order valence-electron chi connectivity index (χ0n) is 28.5. The van der Waals surface area contributed by atoms with Crippen LogP contribution >= 0.6 is 0 Å². The smallest absolute Gasteiger partial charge is 0.115 e. The molecule has 3 rings (SSSR count). The Hall–Kier alpha value is -1.96. The Balaban J connectivity index is 0. The Morgan fingerprint density at radius 3 is 0.737 bits per heavy atom. The van der Waals surface area contributed by atoms with Gasteiger partial charge in [0.2, 0.25) is 0 Å². The first kappa shape index (κ1) is 38.2. The molecular formula is C36H64O2. The van der Waals surface area contributed by atoms with Gasteiger partial charge in [-0.2, -0.15) is 0 Å². The van der Waals surface area contributed by atoms with Gasteiger partial charge in [0.25, 0.3) is 0 Å². The Bertz CT molecular complexity index is 849. The van der Waals surface area contributed by atoms with E-state index in [2.05, 4.69) is 93.5 Å². The fraction of sp³-hybridized carbons (Fsp3) is 0.667. The van der Waals surface area contributed by atoms with Crippen LogP contribution in [0, 0.1) is 27.1 Å². The van der Waals surface area contributed by atoms with E-state index in [1.165, 1.54) is 11.1 Å². The van der Waals surface area contributed by atoms with Crippen molar-refractivity contribution in [3.05, 3.63) is 59.7 Å². The molecule has 2 nitrogen and oxygen atoms in total. The van der Waals surface area contributed by atoms with Crippen LogP contribution in [0.3, 0.4) is 0 Å². The second-order valence-electron chi connectivity index (χ2n) is 12.0. The van der Waals surface area contributed by atoms with E-state index >= 15 is 0 Å². The highest BCUT2D eigenvalue weighted by Crippen LogP contribution is 2.79. The quantitative estimate of drug-likeness (QED) is 0.407.